The summed E-state index contributed by atoms with van der Waals surface area (Å²) in [7, 11) is 0. The van der Waals surface area contributed by atoms with E-state index < -0.39 is 0 Å². The SMILES string of the molecule is CC1C[C@H]2[C@@H]3C(O)CC4CC(O)CC[C@]4(C)[C@@H]3CC[C@]2(C)C1O. The summed E-state index contributed by atoms with van der Waals surface area (Å²) in [5.41, 5.74) is 0.278. The molecule has 0 aromatic carbocycles. The van der Waals surface area contributed by atoms with Crippen molar-refractivity contribution in [2.45, 2.75) is 84.0 Å². The molecule has 132 valence electrons. The van der Waals surface area contributed by atoms with Crippen LogP contribution in [0, 0.1) is 40.4 Å². The lowest BCUT2D eigenvalue weighted by molar-refractivity contribution is -0.177. The van der Waals surface area contributed by atoms with Gasteiger partial charge >= 0.3 is 0 Å². The maximum absolute atomic E-state index is 11.0. The van der Waals surface area contributed by atoms with Crippen LogP contribution in [0.25, 0.3) is 0 Å². The average molecular weight is 322 g/mol. The van der Waals surface area contributed by atoms with E-state index in [1.807, 2.05) is 0 Å². The van der Waals surface area contributed by atoms with Crippen LogP contribution in [0.4, 0.5) is 0 Å². The van der Waals surface area contributed by atoms with Crippen molar-refractivity contribution in [3.63, 3.8) is 0 Å². The molecule has 0 aromatic heterocycles. The van der Waals surface area contributed by atoms with Crippen LogP contribution < -0.4 is 0 Å². The molecule has 0 amide bonds. The van der Waals surface area contributed by atoms with E-state index in [-0.39, 0.29) is 29.1 Å². The van der Waals surface area contributed by atoms with Crippen LogP contribution in [0.5, 0.6) is 0 Å². The Morgan fingerprint density at radius 3 is 2.26 bits per heavy atom. The van der Waals surface area contributed by atoms with Gasteiger partial charge in [-0.25, -0.2) is 0 Å². The van der Waals surface area contributed by atoms with Gasteiger partial charge < -0.3 is 15.3 Å². The summed E-state index contributed by atoms with van der Waals surface area (Å²) in [5.74, 6) is 2.21. The predicted octanol–water partition coefficient (Wildman–Crippen LogP) is 2.97. The van der Waals surface area contributed by atoms with Crippen molar-refractivity contribution < 1.29 is 15.3 Å². The monoisotopic (exact) mass is 322 g/mol. The Morgan fingerprint density at radius 2 is 1.52 bits per heavy atom. The normalized spacial score (nSPS) is 62.3. The molecule has 4 fully saturated rings. The van der Waals surface area contributed by atoms with Crippen molar-refractivity contribution >= 4 is 0 Å². The second-order valence-electron chi connectivity index (χ2n) is 9.93. The molecule has 10 atom stereocenters. The zero-order chi connectivity index (χ0) is 16.6. The smallest absolute Gasteiger partial charge is 0.0622 e. The molecule has 0 heterocycles. The van der Waals surface area contributed by atoms with Crippen LogP contribution in [0.1, 0.15) is 65.7 Å². The first-order valence-corrected chi connectivity index (χ1v) is 9.81. The summed E-state index contributed by atoms with van der Waals surface area (Å²) < 4.78 is 0. The van der Waals surface area contributed by atoms with Gasteiger partial charge in [-0.2, -0.15) is 0 Å². The van der Waals surface area contributed by atoms with Crippen LogP contribution in [-0.2, 0) is 0 Å². The average Bonchev–Trinajstić information content (AvgIpc) is 2.73. The van der Waals surface area contributed by atoms with Crippen LogP contribution in [-0.4, -0.2) is 33.6 Å². The van der Waals surface area contributed by atoms with Gasteiger partial charge in [-0.3, -0.25) is 0 Å². The highest BCUT2D eigenvalue weighted by Crippen LogP contribution is 2.66. The lowest BCUT2D eigenvalue weighted by atomic mass is 9.44. The molecular weight excluding hydrogens is 288 g/mol. The highest BCUT2D eigenvalue weighted by molar-refractivity contribution is 5.12. The second-order valence-corrected chi connectivity index (χ2v) is 9.93. The third kappa shape index (κ3) is 2.12. The maximum atomic E-state index is 11.0. The second kappa shape index (κ2) is 5.19. The molecule has 0 saturated heterocycles. The fourth-order valence-corrected chi connectivity index (χ4v) is 7.54. The van der Waals surface area contributed by atoms with Gasteiger partial charge in [-0.15, -0.1) is 0 Å². The molecule has 3 heteroatoms. The number of fused-ring (bicyclic) bond motifs is 5. The quantitative estimate of drug-likeness (QED) is 0.642. The van der Waals surface area contributed by atoms with Crippen LogP contribution in [0.3, 0.4) is 0 Å². The lowest BCUT2D eigenvalue weighted by Gasteiger charge is -2.61. The van der Waals surface area contributed by atoms with E-state index in [0.29, 0.717) is 29.6 Å². The Labute approximate surface area is 140 Å². The summed E-state index contributed by atoms with van der Waals surface area (Å²) in [6.07, 6.45) is 6.44. The third-order valence-electron chi connectivity index (χ3n) is 8.93. The Bertz CT molecular complexity index is 480. The fourth-order valence-electron chi connectivity index (χ4n) is 7.54. The molecule has 4 rings (SSSR count). The Hall–Kier alpha value is -0.120. The van der Waals surface area contributed by atoms with Gasteiger partial charge in [0, 0.05) is 0 Å². The topological polar surface area (TPSA) is 60.7 Å². The predicted molar refractivity (Wildman–Crippen MR) is 89.7 cm³/mol. The van der Waals surface area contributed by atoms with E-state index in [0.717, 1.165) is 44.9 Å². The first kappa shape index (κ1) is 16.4. The molecule has 3 nitrogen and oxygen atoms in total. The molecular formula is C20H34O3. The number of aliphatic hydroxyl groups is 3. The molecule has 4 saturated carbocycles. The number of rotatable bonds is 0. The first-order valence-electron chi connectivity index (χ1n) is 9.81. The van der Waals surface area contributed by atoms with Gasteiger partial charge in [0.1, 0.15) is 0 Å². The summed E-state index contributed by atoms with van der Waals surface area (Å²) in [4.78, 5) is 0. The Morgan fingerprint density at radius 1 is 0.826 bits per heavy atom. The van der Waals surface area contributed by atoms with E-state index >= 15 is 0 Å². The van der Waals surface area contributed by atoms with Crippen molar-refractivity contribution in [3.8, 4) is 0 Å². The molecule has 5 unspecified atom stereocenters. The summed E-state index contributed by atoms with van der Waals surface area (Å²) >= 11 is 0. The first-order chi connectivity index (χ1) is 10.8. The standard InChI is InChI=1S/C20H34O3/c1-11-8-15-17-14(5-7-20(15,3)18(11)23)19(2)6-4-13(21)9-12(19)10-16(17)22/h11-18,21-23H,4-10H2,1-3H3/t11?,12?,13?,14-,15+,16?,17-,18?,19+,20+/m1/s1. The molecule has 0 radical (unpaired) electrons. The molecule has 23 heavy (non-hydrogen) atoms. The van der Waals surface area contributed by atoms with E-state index in [1.54, 1.807) is 0 Å². The third-order valence-corrected chi connectivity index (χ3v) is 8.93. The molecule has 0 aromatic rings. The minimum atomic E-state index is -0.245. The summed E-state index contributed by atoms with van der Waals surface area (Å²) in [5, 5.41) is 31.9. The number of hydrogen-bond acceptors (Lipinski definition) is 3. The molecule has 0 spiro atoms. The van der Waals surface area contributed by atoms with Gasteiger partial charge in [0.15, 0.2) is 0 Å². The fraction of sp³-hybridized carbons (Fsp3) is 1.00. The van der Waals surface area contributed by atoms with Crippen molar-refractivity contribution in [1.29, 1.82) is 0 Å². The highest BCUT2D eigenvalue weighted by atomic mass is 16.3. The molecule has 3 N–H and O–H groups in total. The van der Waals surface area contributed by atoms with Gasteiger partial charge in [0.25, 0.3) is 0 Å². The van der Waals surface area contributed by atoms with Crippen LogP contribution in [0.2, 0.25) is 0 Å². The van der Waals surface area contributed by atoms with Crippen molar-refractivity contribution in [2.24, 2.45) is 40.4 Å². The largest absolute Gasteiger partial charge is 0.393 e. The van der Waals surface area contributed by atoms with Gasteiger partial charge in [0.05, 0.1) is 18.3 Å². The van der Waals surface area contributed by atoms with E-state index in [4.69, 9.17) is 0 Å². The van der Waals surface area contributed by atoms with Gasteiger partial charge in [-0.1, -0.05) is 20.8 Å². The Kier molecular flexibility index (Phi) is 3.69. The van der Waals surface area contributed by atoms with Crippen LogP contribution >= 0.6 is 0 Å². The van der Waals surface area contributed by atoms with Crippen molar-refractivity contribution in [1.82, 2.24) is 0 Å². The zero-order valence-electron chi connectivity index (χ0n) is 14.9. The zero-order valence-corrected chi connectivity index (χ0v) is 14.9. The molecule has 4 aliphatic carbocycles. The summed E-state index contributed by atoms with van der Waals surface area (Å²) in [6, 6.07) is 0. The van der Waals surface area contributed by atoms with E-state index in [1.165, 1.54) is 0 Å². The van der Waals surface area contributed by atoms with E-state index in [9.17, 15) is 15.3 Å². The summed E-state index contributed by atoms with van der Waals surface area (Å²) in [6.45, 7) is 6.89. The molecule has 0 bridgehead atoms. The maximum Gasteiger partial charge on any atom is 0.0622 e. The number of hydrogen-bond donors (Lipinski definition) is 3. The molecule has 4 aliphatic rings. The van der Waals surface area contributed by atoms with Crippen molar-refractivity contribution in [3.05, 3.63) is 0 Å². The van der Waals surface area contributed by atoms with Crippen molar-refractivity contribution in [2.75, 3.05) is 0 Å². The minimum Gasteiger partial charge on any atom is -0.393 e. The van der Waals surface area contributed by atoms with Gasteiger partial charge in [-0.05, 0) is 85.4 Å². The van der Waals surface area contributed by atoms with E-state index in [2.05, 4.69) is 20.8 Å². The minimum absolute atomic E-state index is 0.00105. The Balaban J connectivity index is 1.68. The van der Waals surface area contributed by atoms with Gasteiger partial charge in [0.2, 0.25) is 0 Å². The number of aliphatic hydroxyl groups excluding tert-OH is 3. The van der Waals surface area contributed by atoms with Crippen LogP contribution in [0.15, 0.2) is 0 Å². The lowest BCUT2D eigenvalue weighted by Crippen LogP contribution is -2.58. The molecule has 0 aliphatic heterocycles. The highest BCUT2D eigenvalue weighted by Gasteiger charge is 2.63.